The maximum atomic E-state index is 12.4. The smallest absolute Gasteiger partial charge is 0.303 e. The first-order valence-electron chi connectivity index (χ1n) is 11.8. The van der Waals surface area contributed by atoms with Gasteiger partial charge >= 0.3 is 11.9 Å². The summed E-state index contributed by atoms with van der Waals surface area (Å²) in [7, 11) is 0. The Bertz CT molecular complexity index is 1050. The molecule has 2 aliphatic rings. The molecule has 1 amide bonds. The molecule has 4 rings (SSSR count). The lowest BCUT2D eigenvalue weighted by Crippen LogP contribution is -2.36. The lowest BCUT2D eigenvalue weighted by molar-refractivity contribution is -0.143. The van der Waals surface area contributed by atoms with Crippen LogP contribution in [0.1, 0.15) is 42.4 Å². The number of carboxylic acid groups (broad SMARTS) is 2. The monoisotopic (exact) mass is 518 g/mol. The molecule has 0 aliphatic carbocycles. The van der Waals surface area contributed by atoms with Crippen molar-refractivity contribution in [2.24, 2.45) is 0 Å². The maximum absolute atomic E-state index is 12.4. The Kier molecular flexibility index (Phi) is 10.4. The van der Waals surface area contributed by atoms with Gasteiger partial charge in [0, 0.05) is 23.5 Å². The van der Waals surface area contributed by atoms with Gasteiger partial charge in [0.25, 0.3) is 0 Å². The topological polar surface area (TPSA) is 107 Å². The number of nitrogens with zero attached hydrogens (tertiary/aromatic N) is 1. The molecule has 0 radical (unpaired) electrons. The van der Waals surface area contributed by atoms with E-state index in [9.17, 15) is 14.4 Å². The standard InChI is InChI=1S/C22H25ClN2OS.C4H6O4/c23-19-8-6-16-10-12-24-13-11-18(16)22(19)27-15-3-14-25-20-5-2-1-4-17(20)7-9-21(25)26;5-3(6)1-2-4(7)8/h1-2,4-6,8,24H,3,7,9-15H2;1-2H2,(H,5,6)(H,7,8). The number of aliphatic carboxylic acids is 2. The van der Waals surface area contributed by atoms with E-state index in [4.69, 9.17) is 21.8 Å². The highest BCUT2D eigenvalue weighted by Gasteiger charge is 2.23. The summed E-state index contributed by atoms with van der Waals surface area (Å²) < 4.78 is 0. The minimum absolute atomic E-state index is 0.247. The Morgan fingerprint density at radius 3 is 2.40 bits per heavy atom. The number of fused-ring (bicyclic) bond motifs is 2. The molecule has 0 bridgehead atoms. The summed E-state index contributed by atoms with van der Waals surface area (Å²) in [4.78, 5) is 34.9. The van der Waals surface area contributed by atoms with Crippen LogP contribution < -0.4 is 10.2 Å². The second-order valence-corrected chi connectivity index (χ2v) is 9.94. The lowest BCUT2D eigenvalue weighted by Gasteiger charge is -2.29. The number of amides is 1. The fraction of sp³-hybridized carbons (Fsp3) is 0.423. The average Bonchev–Trinajstić information content (AvgIpc) is 3.09. The zero-order valence-electron chi connectivity index (χ0n) is 19.6. The molecule has 2 heterocycles. The van der Waals surface area contributed by atoms with Crippen molar-refractivity contribution in [2.45, 2.75) is 49.8 Å². The van der Waals surface area contributed by atoms with Gasteiger partial charge in [0.2, 0.25) is 5.91 Å². The molecular formula is C26H31ClN2O5S. The number of nitrogens with one attached hydrogen (secondary N) is 1. The highest BCUT2D eigenvalue weighted by atomic mass is 35.5. The summed E-state index contributed by atoms with van der Waals surface area (Å²) in [5.74, 6) is -0.939. The fourth-order valence-electron chi connectivity index (χ4n) is 4.22. The van der Waals surface area contributed by atoms with Crippen molar-refractivity contribution < 1.29 is 24.6 Å². The van der Waals surface area contributed by atoms with E-state index in [1.165, 1.54) is 21.6 Å². The molecule has 0 saturated carbocycles. The van der Waals surface area contributed by atoms with Crippen LogP contribution in [0, 0.1) is 0 Å². The summed E-state index contributed by atoms with van der Waals surface area (Å²) >= 11 is 8.37. The van der Waals surface area contributed by atoms with Crippen molar-refractivity contribution in [3.05, 3.63) is 58.1 Å². The second kappa shape index (κ2) is 13.5. The number of carbonyl (C=O) groups excluding carboxylic acids is 1. The molecule has 0 fully saturated rings. The highest BCUT2D eigenvalue weighted by molar-refractivity contribution is 7.99. The van der Waals surface area contributed by atoms with E-state index in [0.29, 0.717) is 6.42 Å². The molecule has 0 atom stereocenters. The Hall–Kier alpha value is -2.55. The molecule has 35 heavy (non-hydrogen) atoms. The van der Waals surface area contributed by atoms with E-state index in [2.05, 4.69) is 29.6 Å². The van der Waals surface area contributed by atoms with E-state index in [-0.39, 0.29) is 18.7 Å². The van der Waals surface area contributed by atoms with Gasteiger partial charge < -0.3 is 20.4 Å². The molecule has 188 valence electrons. The van der Waals surface area contributed by atoms with Gasteiger partial charge in [-0.25, -0.2) is 0 Å². The van der Waals surface area contributed by atoms with Gasteiger partial charge in [-0.15, -0.1) is 11.8 Å². The van der Waals surface area contributed by atoms with Crippen LogP contribution in [0.4, 0.5) is 5.69 Å². The number of hydrogen-bond donors (Lipinski definition) is 3. The van der Waals surface area contributed by atoms with Gasteiger partial charge in [0.05, 0.1) is 17.9 Å². The van der Waals surface area contributed by atoms with Crippen molar-refractivity contribution >= 4 is 46.9 Å². The summed E-state index contributed by atoms with van der Waals surface area (Å²) in [5.41, 5.74) is 5.22. The van der Waals surface area contributed by atoms with E-state index in [0.717, 1.165) is 61.8 Å². The molecule has 2 aromatic carbocycles. The zero-order chi connectivity index (χ0) is 25.2. The van der Waals surface area contributed by atoms with Gasteiger partial charge in [-0.3, -0.25) is 14.4 Å². The van der Waals surface area contributed by atoms with Gasteiger partial charge in [0.1, 0.15) is 0 Å². The number of carboxylic acids is 2. The van der Waals surface area contributed by atoms with E-state index < -0.39 is 11.9 Å². The molecule has 3 N–H and O–H groups in total. The second-order valence-electron chi connectivity index (χ2n) is 8.43. The Labute approximate surface area is 214 Å². The first-order chi connectivity index (χ1) is 16.9. The third-order valence-electron chi connectivity index (χ3n) is 5.95. The first kappa shape index (κ1) is 27.0. The molecular weight excluding hydrogens is 488 g/mol. The molecule has 2 aromatic rings. The normalized spacial score (nSPS) is 14.8. The largest absolute Gasteiger partial charge is 0.481 e. The van der Waals surface area contributed by atoms with Crippen LogP contribution in [0.5, 0.6) is 0 Å². The molecule has 0 saturated heterocycles. The van der Waals surface area contributed by atoms with Gasteiger partial charge in [-0.1, -0.05) is 35.9 Å². The molecule has 9 heteroatoms. The Balaban J connectivity index is 0.000000371. The van der Waals surface area contributed by atoms with Gasteiger partial charge in [0.15, 0.2) is 0 Å². The van der Waals surface area contributed by atoms with E-state index >= 15 is 0 Å². The predicted molar refractivity (Wildman–Crippen MR) is 139 cm³/mol. The summed E-state index contributed by atoms with van der Waals surface area (Å²) in [6, 6.07) is 12.5. The number of hydrogen-bond acceptors (Lipinski definition) is 5. The number of halogens is 1. The third kappa shape index (κ3) is 7.98. The number of carbonyl (C=O) groups is 3. The van der Waals surface area contributed by atoms with Crippen LogP contribution in [0.2, 0.25) is 5.02 Å². The van der Waals surface area contributed by atoms with Crippen molar-refractivity contribution in [3.8, 4) is 0 Å². The SMILES string of the molecule is O=C(O)CCC(=O)O.O=C1CCc2ccccc2N1CCCSc1c(Cl)ccc2c1CCNCC2. The minimum Gasteiger partial charge on any atom is -0.481 e. The van der Waals surface area contributed by atoms with Crippen molar-refractivity contribution in [1.82, 2.24) is 5.32 Å². The quantitative estimate of drug-likeness (QED) is 0.350. The van der Waals surface area contributed by atoms with Gasteiger partial charge in [-0.05, 0) is 73.3 Å². The zero-order valence-corrected chi connectivity index (χ0v) is 21.2. The molecule has 0 unspecified atom stereocenters. The van der Waals surface area contributed by atoms with Crippen LogP contribution in [0.15, 0.2) is 41.3 Å². The number of para-hydroxylation sites is 1. The maximum Gasteiger partial charge on any atom is 0.303 e. The third-order valence-corrected chi connectivity index (χ3v) is 7.62. The summed E-state index contributed by atoms with van der Waals surface area (Å²) in [6.07, 6.45) is 3.96. The molecule has 0 spiro atoms. The molecule has 2 aliphatic heterocycles. The predicted octanol–water partition coefficient (Wildman–Crippen LogP) is 4.43. The minimum atomic E-state index is -1.08. The van der Waals surface area contributed by atoms with E-state index in [1.807, 2.05) is 28.8 Å². The van der Waals surface area contributed by atoms with Crippen LogP contribution in [0.25, 0.3) is 0 Å². The van der Waals surface area contributed by atoms with Crippen molar-refractivity contribution in [2.75, 3.05) is 30.3 Å². The Morgan fingerprint density at radius 1 is 0.943 bits per heavy atom. The van der Waals surface area contributed by atoms with Gasteiger partial charge in [-0.2, -0.15) is 0 Å². The number of benzene rings is 2. The number of anilines is 1. The summed E-state index contributed by atoms with van der Waals surface area (Å²) in [5, 5.41) is 20.1. The first-order valence-corrected chi connectivity index (χ1v) is 13.2. The van der Waals surface area contributed by atoms with Crippen LogP contribution in [0.3, 0.4) is 0 Å². The van der Waals surface area contributed by atoms with Crippen molar-refractivity contribution in [1.29, 1.82) is 0 Å². The number of rotatable bonds is 8. The van der Waals surface area contributed by atoms with Crippen LogP contribution >= 0.6 is 23.4 Å². The van der Waals surface area contributed by atoms with Crippen LogP contribution in [-0.4, -0.2) is 53.4 Å². The van der Waals surface area contributed by atoms with Crippen LogP contribution in [-0.2, 0) is 33.6 Å². The fourth-order valence-corrected chi connectivity index (χ4v) is 5.65. The summed E-state index contributed by atoms with van der Waals surface area (Å²) in [6.45, 7) is 2.83. The average molecular weight is 519 g/mol. The number of thioether (sulfide) groups is 1. The highest BCUT2D eigenvalue weighted by Crippen LogP contribution is 2.35. The van der Waals surface area contributed by atoms with Crippen molar-refractivity contribution in [3.63, 3.8) is 0 Å². The number of aryl methyl sites for hydroxylation is 1. The molecule has 0 aromatic heterocycles. The molecule has 7 nitrogen and oxygen atoms in total. The van der Waals surface area contributed by atoms with E-state index in [1.54, 1.807) is 0 Å². The Morgan fingerprint density at radius 2 is 1.66 bits per heavy atom. The lowest BCUT2D eigenvalue weighted by atomic mass is 10.0.